The number of nitrogens with one attached hydrogen (secondary N) is 1. The Morgan fingerprint density at radius 1 is 1.14 bits per heavy atom. The molecule has 0 saturated heterocycles. The number of halogens is 4. The molecule has 1 saturated carbocycles. The average molecular weight is 357 g/mol. The molecular weight excluding hydrogens is 341 g/mol. The number of sulfonamides is 1. The molecule has 3 N–H and O–H groups in total. The standard InChI is InChI=1S/C13H16ClF3N2O2S/c14-9-5-8(13(15,16)17)6-12(7-9)22(20,21)19-11-3-1-10(18)2-4-11/h5-7,10-11,19H,1-4,18H2. The van der Waals surface area contributed by atoms with Crippen LogP contribution in [0.3, 0.4) is 0 Å². The van der Waals surface area contributed by atoms with Crippen molar-refractivity contribution in [2.45, 2.75) is 48.8 Å². The van der Waals surface area contributed by atoms with Crippen LogP contribution in [0.15, 0.2) is 23.1 Å². The van der Waals surface area contributed by atoms with Gasteiger partial charge >= 0.3 is 6.18 Å². The first-order chi connectivity index (χ1) is 10.1. The van der Waals surface area contributed by atoms with Gasteiger partial charge in [-0.15, -0.1) is 0 Å². The number of nitrogens with two attached hydrogens (primary N) is 1. The number of hydrogen-bond acceptors (Lipinski definition) is 3. The molecule has 0 amide bonds. The second-order valence-electron chi connectivity index (χ2n) is 5.41. The molecule has 0 radical (unpaired) electrons. The van der Waals surface area contributed by atoms with Crippen LogP contribution in [0.1, 0.15) is 31.2 Å². The van der Waals surface area contributed by atoms with Gasteiger partial charge in [0.25, 0.3) is 0 Å². The van der Waals surface area contributed by atoms with Crippen LogP contribution in [0.2, 0.25) is 5.02 Å². The summed E-state index contributed by atoms with van der Waals surface area (Å²) in [7, 11) is -4.06. The van der Waals surface area contributed by atoms with Crippen molar-refractivity contribution in [1.82, 2.24) is 4.72 Å². The smallest absolute Gasteiger partial charge is 0.328 e. The monoisotopic (exact) mass is 356 g/mol. The molecule has 1 aliphatic rings. The summed E-state index contributed by atoms with van der Waals surface area (Å²) in [4.78, 5) is -0.484. The maximum absolute atomic E-state index is 12.7. The minimum atomic E-state index is -4.66. The minimum absolute atomic E-state index is 0.0451. The molecule has 1 aromatic carbocycles. The molecule has 9 heteroatoms. The molecule has 0 heterocycles. The fraction of sp³-hybridized carbons (Fsp3) is 0.538. The molecule has 4 nitrogen and oxygen atoms in total. The third-order valence-electron chi connectivity index (χ3n) is 3.60. The zero-order valence-electron chi connectivity index (χ0n) is 11.5. The van der Waals surface area contributed by atoms with E-state index in [0.717, 1.165) is 6.07 Å². The Balaban J connectivity index is 2.24. The van der Waals surface area contributed by atoms with E-state index in [0.29, 0.717) is 37.8 Å². The Morgan fingerprint density at radius 3 is 2.27 bits per heavy atom. The first kappa shape index (κ1) is 17.5. The van der Waals surface area contributed by atoms with Crippen LogP contribution in [0.5, 0.6) is 0 Å². The van der Waals surface area contributed by atoms with Gasteiger partial charge in [-0.2, -0.15) is 13.2 Å². The van der Waals surface area contributed by atoms with Crippen LogP contribution in [0.25, 0.3) is 0 Å². The topological polar surface area (TPSA) is 72.2 Å². The molecule has 0 aliphatic heterocycles. The largest absolute Gasteiger partial charge is 0.416 e. The Kier molecular flexibility index (Phi) is 5.06. The molecule has 1 aliphatic carbocycles. The van der Waals surface area contributed by atoms with Crippen LogP contribution in [0, 0.1) is 0 Å². The second-order valence-corrected chi connectivity index (χ2v) is 7.56. The lowest BCUT2D eigenvalue weighted by Crippen LogP contribution is -2.40. The van der Waals surface area contributed by atoms with Crippen molar-refractivity contribution in [3.8, 4) is 0 Å². The van der Waals surface area contributed by atoms with Gasteiger partial charge in [0.1, 0.15) is 0 Å². The molecule has 2 rings (SSSR count). The van der Waals surface area contributed by atoms with E-state index in [-0.39, 0.29) is 17.1 Å². The number of benzene rings is 1. The fourth-order valence-corrected chi connectivity index (χ4v) is 4.08. The van der Waals surface area contributed by atoms with E-state index in [1.807, 2.05) is 0 Å². The summed E-state index contributed by atoms with van der Waals surface area (Å²) in [5.41, 5.74) is 4.65. The van der Waals surface area contributed by atoms with Crippen LogP contribution < -0.4 is 10.5 Å². The highest BCUT2D eigenvalue weighted by Crippen LogP contribution is 2.33. The van der Waals surface area contributed by atoms with Gasteiger partial charge in [0.2, 0.25) is 10.0 Å². The van der Waals surface area contributed by atoms with Gasteiger partial charge in [0.05, 0.1) is 10.5 Å². The van der Waals surface area contributed by atoms with E-state index in [1.165, 1.54) is 0 Å². The van der Waals surface area contributed by atoms with Gasteiger partial charge in [-0.05, 0) is 43.9 Å². The maximum atomic E-state index is 12.7. The van der Waals surface area contributed by atoms with Gasteiger partial charge in [-0.3, -0.25) is 0 Å². The Bertz CT molecular complexity index is 641. The molecule has 1 aromatic rings. The highest BCUT2D eigenvalue weighted by molar-refractivity contribution is 7.89. The van der Waals surface area contributed by atoms with Crippen molar-refractivity contribution in [1.29, 1.82) is 0 Å². The summed E-state index contributed by atoms with van der Waals surface area (Å²) >= 11 is 5.62. The summed E-state index contributed by atoms with van der Waals surface area (Å²) in [6, 6.07) is 2.01. The van der Waals surface area contributed by atoms with Crippen LogP contribution in [0.4, 0.5) is 13.2 Å². The third-order valence-corrected chi connectivity index (χ3v) is 5.32. The van der Waals surface area contributed by atoms with Crippen molar-refractivity contribution in [3.63, 3.8) is 0 Å². The lowest BCUT2D eigenvalue weighted by molar-refractivity contribution is -0.137. The van der Waals surface area contributed by atoms with E-state index in [9.17, 15) is 21.6 Å². The Labute approximate surface area is 131 Å². The van der Waals surface area contributed by atoms with Crippen molar-refractivity contribution >= 4 is 21.6 Å². The van der Waals surface area contributed by atoms with Gasteiger partial charge < -0.3 is 5.73 Å². The highest BCUT2D eigenvalue weighted by Gasteiger charge is 2.33. The van der Waals surface area contributed by atoms with Gasteiger partial charge in [-0.25, -0.2) is 13.1 Å². The first-order valence-electron chi connectivity index (χ1n) is 6.73. The molecular formula is C13H16ClF3N2O2S. The van der Waals surface area contributed by atoms with Crippen molar-refractivity contribution < 1.29 is 21.6 Å². The van der Waals surface area contributed by atoms with E-state index in [4.69, 9.17) is 17.3 Å². The zero-order chi connectivity index (χ0) is 16.5. The summed E-state index contributed by atoms with van der Waals surface area (Å²) in [5.74, 6) is 0. The molecule has 0 unspecified atom stereocenters. The average Bonchev–Trinajstić information content (AvgIpc) is 2.39. The van der Waals surface area contributed by atoms with Crippen LogP contribution in [-0.2, 0) is 16.2 Å². The third kappa shape index (κ3) is 4.34. The fourth-order valence-electron chi connectivity index (χ4n) is 2.41. The molecule has 0 atom stereocenters. The van der Waals surface area contributed by atoms with Gasteiger partial charge in [-0.1, -0.05) is 11.6 Å². The quantitative estimate of drug-likeness (QED) is 0.874. The van der Waals surface area contributed by atoms with E-state index < -0.39 is 26.7 Å². The van der Waals surface area contributed by atoms with Crippen LogP contribution in [-0.4, -0.2) is 20.5 Å². The van der Waals surface area contributed by atoms with Crippen molar-refractivity contribution in [3.05, 3.63) is 28.8 Å². The minimum Gasteiger partial charge on any atom is -0.328 e. The van der Waals surface area contributed by atoms with Gasteiger partial charge in [0, 0.05) is 17.1 Å². The lowest BCUT2D eigenvalue weighted by Gasteiger charge is -2.26. The normalized spacial score (nSPS) is 23.5. The second kappa shape index (κ2) is 6.35. The van der Waals surface area contributed by atoms with E-state index in [2.05, 4.69) is 4.72 Å². The van der Waals surface area contributed by atoms with Crippen molar-refractivity contribution in [2.75, 3.05) is 0 Å². The van der Waals surface area contributed by atoms with E-state index in [1.54, 1.807) is 0 Å². The highest BCUT2D eigenvalue weighted by atomic mass is 35.5. The summed E-state index contributed by atoms with van der Waals surface area (Å²) in [5, 5.41) is -0.277. The number of hydrogen-bond donors (Lipinski definition) is 2. The first-order valence-corrected chi connectivity index (χ1v) is 8.60. The van der Waals surface area contributed by atoms with Gasteiger partial charge in [0.15, 0.2) is 0 Å². The predicted molar refractivity (Wildman–Crippen MR) is 77.0 cm³/mol. The zero-order valence-corrected chi connectivity index (χ0v) is 13.1. The summed E-state index contributed by atoms with van der Waals surface area (Å²) in [6.07, 6.45) is -2.18. The predicted octanol–water partition coefficient (Wildman–Crippen LogP) is 2.91. The Hall–Kier alpha value is -0.830. The molecule has 0 aromatic heterocycles. The molecule has 0 spiro atoms. The molecule has 1 fully saturated rings. The molecule has 22 heavy (non-hydrogen) atoms. The SMILES string of the molecule is NC1CCC(NS(=O)(=O)c2cc(Cl)cc(C(F)(F)F)c2)CC1. The van der Waals surface area contributed by atoms with Crippen molar-refractivity contribution in [2.24, 2.45) is 5.73 Å². The lowest BCUT2D eigenvalue weighted by atomic mass is 9.93. The maximum Gasteiger partial charge on any atom is 0.416 e. The van der Waals surface area contributed by atoms with Crippen LogP contribution >= 0.6 is 11.6 Å². The number of alkyl halides is 3. The molecule has 0 bridgehead atoms. The van der Waals surface area contributed by atoms with E-state index >= 15 is 0 Å². The number of rotatable bonds is 3. The molecule has 124 valence electrons. The summed E-state index contributed by atoms with van der Waals surface area (Å²) in [6.45, 7) is 0. The Morgan fingerprint density at radius 2 is 1.73 bits per heavy atom. The summed E-state index contributed by atoms with van der Waals surface area (Å²) < 4.78 is 65.2.